The van der Waals surface area contributed by atoms with Crippen LogP contribution < -0.4 is 10.1 Å². The molecule has 0 aliphatic rings. The number of anilines is 1. The average Bonchev–Trinajstić information content (AvgIpc) is 2.73. The Labute approximate surface area is 191 Å². The highest BCUT2D eigenvalue weighted by Crippen LogP contribution is 2.25. The topological polar surface area (TPSA) is 75.7 Å². The van der Waals surface area contributed by atoms with E-state index in [4.69, 9.17) is 4.74 Å². The van der Waals surface area contributed by atoms with Gasteiger partial charge >= 0.3 is 0 Å². The van der Waals surface area contributed by atoms with E-state index < -0.39 is 16.1 Å². The van der Waals surface area contributed by atoms with Gasteiger partial charge in [-0.25, -0.2) is 8.42 Å². The van der Waals surface area contributed by atoms with Gasteiger partial charge in [-0.2, -0.15) is 4.31 Å². The third-order valence-corrected chi connectivity index (χ3v) is 6.67. The molecule has 0 saturated carbocycles. The molecule has 0 aliphatic carbocycles. The summed E-state index contributed by atoms with van der Waals surface area (Å²) in [6, 6.07) is 13.7. The molecule has 2 rings (SSSR count). The summed E-state index contributed by atoms with van der Waals surface area (Å²) in [5.74, 6) is 0.270. The lowest BCUT2D eigenvalue weighted by atomic mass is 9.87. The molecular formula is C25H32N2O4S. The van der Waals surface area contributed by atoms with Crippen LogP contribution in [0.4, 0.5) is 5.69 Å². The summed E-state index contributed by atoms with van der Waals surface area (Å²) in [5, 5.41) is 2.75. The van der Waals surface area contributed by atoms with E-state index in [0.717, 1.165) is 0 Å². The second-order valence-corrected chi connectivity index (χ2v) is 10.4. The molecule has 0 aromatic heterocycles. The number of carbonyl (C=O) groups excluding carboxylic acids is 1. The van der Waals surface area contributed by atoms with Gasteiger partial charge in [0.05, 0.1) is 4.90 Å². The minimum atomic E-state index is -3.69. The van der Waals surface area contributed by atoms with Crippen LogP contribution in [0.25, 0.3) is 0 Å². The molecule has 1 atom stereocenters. The van der Waals surface area contributed by atoms with E-state index in [0.29, 0.717) is 11.4 Å². The minimum absolute atomic E-state index is 0.0373. The third kappa shape index (κ3) is 6.55. The summed E-state index contributed by atoms with van der Waals surface area (Å²) in [6.07, 6.45) is 2.32. The number of ether oxygens (including phenoxy) is 1. The summed E-state index contributed by atoms with van der Waals surface area (Å²) < 4.78 is 32.5. The van der Waals surface area contributed by atoms with Gasteiger partial charge in [-0.05, 0) is 54.3 Å². The van der Waals surface area contributed by atoms with E-state index in [1.807, 2.05) is 24.3 Å². The van der Waals surface area contributed by atoms with Gasteiger partial charge in [0.2, 0.25) is 10.0 Å². The predicted octanol–water partition coefficient (Wildman–Crippen LogP) is 4.75. The Morgan fingerprint density at radius 2 is 1.56 bits per heavy atom. The monoisotopic (exact) mass is 456 g/mol. The zero-order chi connectivity index (χ0) is 23.9. The van der Waals surface area contributed by atoms with Crippen molar-refractivity contribution in [3.8, 4) is 5.75 Å². The first-order chi connectivity index (χ1) is 15.0. The first-order valence-electron chi connectivity index (χ1n) is 10.4. The molecule has 32 heavy (non-hydrogen) atoms. The lowest BCUT2D eigenvalue weighted by Crippen LogP contribution is -2.31. The molecule has 0 heterocycles. The van der Waals surface area contributed by atoms with E-state index >= 15 is 0 Å². The van der Waals surface area contributed by atoms with Crippen LogP contribution >= 0.6 is 0 Å². The van der Waals surface area contributed by atoms with E-state index in [-0.39, 0.29) is 29.3 Å². The maximum absolute atomic E-state index is 12.8. The molecule has 6 nitrogen and oxygen atoms in total. The number of nitrogens with one attached hydrogen (secondary N) is 1. The van der Waals surface area contributed by atoms with E-state index in [9.17, 15) is 13.2 Å². The fourth-order valence-corrected chi connectivity index (χ4v) is 4.33. The fraction of sp³-hybridized carbons (Fsp3) is 0.320. The number of benzene rings is 2. The summed E-state index contributed by atoms with van der Waals surface area (Å²) in [7, 11) is -3.69. The lowest BCUT2D eigenvalue weighted by Gasteiger charge is -2.20. The molecule has 0 spiro atoms. The summed E-state index contributed by atoms with van der Waals surface area (Å²) in [5.41, 5.74) is 1.69. The van der Waals surface area contributed by atoms with Crippen LogP contribution in [0, 0.1) is 0 Å². The summed E-state index contributed by atoms with van der Waals surface area (Å²) in [6.45, 7) is 15.6. The first kappa shape index (κ1) is 25.4. The van der Waals surface area contributed by atoms with Crippen LogP contribution in [-0.2, 0) is 20.2 Å². The second-order valence-electron chi connectivity index (χ2n) is 8.45. The molecule has 2 aromatic rings. The number of sulfonamides is 1. The molecule has 1 N–H and O–H groups in total. The van der Waals surface area contributed by atoms with Crippen molar-refractivity contribution < 1.29 is 17.9 Å². The number of amides is 1. The maximum Gasteiger partial charge on any atom is 0.265 e. The van der Waals surface area contributed by atoms with Crippen LogP contribution in [0.2, 0.25) is 0 Å². The van der Waals surface area contributed by atoms with Crippen LogP contribution in [0.3, 0.4) is 0 Å². The van der Waals surface area contributed by atoms with Gasteiger partial charge in [0, 0.05) is 18.8 Å². The molecule has 172 valence electrons. The number of nitrogens with zero attached hydrogens (tertiary/aromatic N) is 1. The molecule has 1 unspecified atom stereocenters. The highest BCUT2D eigenvalue weighted by atomic mass is 32.2. The van der Waals surface area contributed by atoms with Crippen molar-refractivity contribution in [2.75, 3.05) is 18.4 Å². The van der Waals surface area contributed by atoms with Gasteiger partial charge in [0.15, 0.2) is 6.10 Å². The quantitative estimate of drug-likeness (QED) is 0.524. The maximum atomic E-state index is 12.8. The van der Waals surface area contributed by atoms with E-state index in [1.54, 1.807) is 19.1 Å². The molecule has 7 heteroatoms. The third-order valence-electron chi connectivity index (χ3n) is 4.83. The standard InChI is InChI=1S/C25H32N2O4S/c1-7-17-27(18-8-2)32(29,30)23-15-11-21(12-16-23)26-24(28)19(3)31-22-13-9-20(10-14-22)25(4,5)6/h7-16,19H,1-2,17-18H2,3-6H3,(H,26,28). The van der Waals surface area contributed by atoms with E-state index in [2.05, 4.69) is 39.2 Å². The van der Waals surface area contributed by atoms with Gasteiger partial charge in [0.25, 0.3) is 5.91 Å². The molecule has 1 amide bonds. The van der Waals surface area contributed by atoms with Gasteiger partial charge in [-0.3, -0.25) is 4.79 Å². The second kappa shape index (κ2) is 10.6. The lowest BCUT2D eigenvalue weighted by molar-refractivity contribution is -0.122. The van der Waals surface area contributed by atoms with Gasteiger partial charge in [-0.15, -0.1) is 13.2 Å². The fourth-order valence-electron chi connectivity index (χ4n) is 2.95. The Morgan fingerprint density at radius 3 is 2.03 bits per heavy atom. The largest absolute Gasteiger partial charge is 0.481 e. The van der Waals surface area contributed by atoms with Crippen LogP contribution in [0.1, 0.15) is 33.3 Å². The Kier molecular flexibility index (Phi) is 8.41. The number of carbonyl (C=O) groups is 1. The summed E-state index contributed by atoms with van der Waals surface area (Å²) in [4.78, 5) is 12.6. The Balaban J connectivity index is 2.04. The molecule has 0 aliphatic heterocycles. The number of hydrogen-bond acceptors (Lipinski definition) is 4. The molecule has 2 aromatic carbocycles. The van der Waals surface area contributed by atoms with Crippen molar-refractivity contribution in [2.45, 2.75) is 44.1 Å². The van der Waals surface area contributed by atoms with Crippen LogP contribution in [-0.4, -0.2) is 37.8 Å². The highest BCUT2D eigenvalue weighted by Gasteiger charge is 2.23. The summed E-state index contributed by atoms with van der Waals surface area (Å²) >= 11 is 0. The van der Waals surface area contributed by atoms with Crippen molar-refractivity contribution in [3.05, 3.63) is 79.4 Å². The van der Waals surface area contributed by atoms with Crippen molar-refractivity contribution in [3.63, 3.8) is 0 Å². The van der Waals surface area contributed by atoms with Gasteiger partial charge in [-0.1, -0.05) is 45.1 Å². The number of rotatable bonds is 10. The molecule has 0 fully saturated rings. The molecule has 0 radical (unpaired) electrons. The van der Waals surface area contributed by atoms with Gasteiger partial charge < -0.3 is 10.1 Å². The van der Waals surface area contributed by atoms with Crippen molar-refractivity contribution in [1.82, 2.24) is 4.31 Å². The molecule has 0 saturated heterocycles. The van der Waals surface area contributed by atoms with Crippen molar-refractivity contribution in [2.24, 2.45) is 0 Å². The Hall–Kier alpha value is -2.90. The first-order valence-corrected chi connectivity index (χ1v) is 11.8. The zero-order valence-electron chi connectivity index (χ0n) is 19.2. The van der Waals surface area contributed by atoms with Crippen molar-refractivity contribution >= 4 is 21.6 Å². The molecular weight excluding hydrogens is 424 g/mol. The smallest absolute Gasteiger partial charge is 0.265 e. The molecule has 0 bridgehead atoms. The predicted molar refractivity (Wildman–Crippen MR) is 129 cm³/mol. The van der Waals surface area contributed by atoms with Crippen molar-refractivity contribution in [1.29, 1.82) is 0 Å². The zero-order valence-corrected chi connectivity index (χ0v) is 20.0. The van der Waals surface area contributed by atoms with Gasteiger partial charge in [0.1, 0.15) is 5.75 Å². The Bertz CT molecular complexity index is 1030. The normalized spacial score (nSPS) is 12.8. The van der Waals surface area contributed by atoms with Crippen LogP contribution in [0.15, 0.2) is 78.7 Å². The minimum Gasteiger partial charge on any atom is -0.481 e. The van der Waals surface area contributed by atoms with Crippen LogP contribution in [0.5, 0.6) is 5.75 Å². The Morgan fingerprint density at radius 1 is 1.03 bits per heavy atom. The number of hydrogen-bond donors (Lipinski definition) is 1. The highest BCUT2D eigenvalue weighted by molar-refractivity contribution is 7.89. The SMILES string of the molecule is C=CCN(CC=C)S(=O)(=O)c1ccc(NC(=O)C(C)Oc2ccc(C(C)(C)C)cc2)cc1. The average molecular weight is 457 g/mol. The van der Waals surface area contributed by atoms with E-state index in [1.165, 1.54) is 34.2 Å².